The number of rotatable bonds is 11. The van der Waals surface area contributed by atoms with Gasteiger partial charge in [0.2, 0.25) is 15.9 Å². The molecular formula is C22H31N3O5S2. The van der Waals surface area contributed by atoms with Gasteiger partial charge >= 0.3 is 5.97 Å². The van der Waals surface area contributed by atoms with Crippen LogP contribution in [-0.4, -0.2) is 51.2 Å². The molecule has 0 aliphatic heterocycles. The maximum absolute atomic E-state index is 13.4. The molecule has 0 saturated heterocycles. The summed E-state index contributed by atoms with van der Waals surface area (Å²) in [5.41, 5.74) is 1.69. The molecule has 0 radical (unpaired) electrons. The molecule has 10 heteroatoms. The van der Waals surface area contributed by atoms with Gasteiger partial charge in [0.15, 0.2) is 5.13 Å². The summed E-state index contributed by atoms with van der Waals surface area (Å²) in [6.45, 7) is 7.54. The minimum atomic E-state index is -3.71. The van der Waals surface area contributed by atoms with Crippen LogP contribution in [0.3, 0.4) is 0 Å². The van der Waals surface area contributed by atoms with Crippen LogP contribution in [0.2, 0.25) is 0 Å². The van der Waals surface area contributed by atoms with Crippen molar-refractivity contribution >= 4 is 44.1 Å². The van der Waals surface area contributed by atoms with E-state index in [0.29, 0.717) is 27.9 Å². The van der Waals surface area contributed by atoms with Crippen molar-refractivity contribution in [1.82, 2.24) is 4.98 Å². The van der Waals surface area contributed by atoms with E-state index in [1.807, 2.05) is 6.07 Å². The molecule has 0 spiro atoms. The number of carbonyl (C=O) groups excluding carboxylic acids is 2. The van der Waals surface area contributed by atoms with Crippen LogP contribution in [0.25, 0.3) is 0 Å². The second-order valence-corrected chi connectivity index (χ2v) is 10.3. The topological polar surface area (TPSA) is 96.9 Å². The summed E-state index contributed by atoms with van der Waals surface area (Å²) in [5, 5.41) is 0.366. The van der Waals surface area contributed by atoms with Crippen molar-refractivity contribution in [3.8, 4) is 0 Å². The minimum absolute atomic E-state index is 0.240. The monoisotopic (exact) mass is 481 g/mol. The van der Waals surface area contributed by atoms with Crippen LogP contribution < -0.4 is 9.21 Å². The molecule has 0 aliphatic rings. The third-order valence-electron chi connectivity index (χ3n) is 4.83. The van der Waals surface area contributed by atoms with Crippen LogP contribution in [0.15, 0.2) is 24.3 Å². The maximum Gasteiger partial charge on any atom is 0.350 e. The Morgan fingerprint density at radius 2 is 1.81 bits per heavy atom. The first-order valence-electron chi connectivity index (χ1n) is 10.6. The Kier molecular flexibility index (Phi) is 9.21. The van der Waals surface area contributed by atoms with Gasteiger partial charge in [0, 0.05) is 6.54 Å². The lowest BCUT2D eigenvalue weighted by Crippen LogP contribution is -2.43. The van der Waals surface area contributed by atoms with Crippen LogP contribution in [0, 0.1) is 13.8 Å². The van der Waals surface area contributed by atoms with E-state index in [1.54, 1.807) is 39.0 Å². The number of sulfonamides is 1. The number of esters is 1. The fourth-order valence-electron chi connectivity index (χ4n) is 3.16. The Labute approximate surface area is 194 Å². The van der Waals surface area contributed by atoms with Crippen molar-refractivity contribution in [3.05, 3.63) is 40.4 Å². The van der Waals surface area contributed by atoms with Crippen molar-refractivity contribution in [2.75, 3.05) is 35.2 Å². The number of hydrogen-bond donors (Lipinski definition) is 0. The Hall–Kier alpha value is -2.46. The van der Waals surface area contributed by atoms with Gasteiger partial charge in [0.1, 0.15) is 11.4 Å². The molecule has 176 valence electrons. The number of carbonyl (C=O) groups is 2. The molecular weight excluding hydrogens is 450 g/mol. The van der Waals surface area contributed by atoms with Gasteiger partial charge in [-0.2, -0.15) is 0 Å². The van der Waals surface area contributed by atoms with Crippen LogP contribution in [0.4, 0.5) is 10.8 Å². The number of aryl methyl sites for hydroxylation is 2. The molecule has 0 fully saturated rings. The predicted molar refractivity (Wildman–Crippen MR) is 128 cm³/mol. The molecule has 1 aromatic heterocycles. The summed E-state index contributed by atoms with van der Waals surface area (Å²) >= 11 is 1.09. The van der Waals surface area contributed by atoms with Crippen LogP contribution in [-0.2, 0) is 19.6 Å². The number of anilines is 2. The number of aromatic nitrogens is 1. The van der Waals surface area contributed by atoms with Gasteiger partial charge in [-0.3, -0.25) is 14.0 Å². The largest absolute Gasteiger partial charge is 0.462 e. The number of hydrogen-bond acceptors (Lipinski definition) is 7. The smallest absolute Gasteiger partial charge is 0.350 e. The molecule has 1 aromatic carbocycles. The standard InChI is InChI=1S/C22H31N3O5S2/c1-6-8-11-14-24(22-23-17(4)20(31-22)21(27)30-7-2)19(26)15-25(32(5,28)29)18-13-10-9-12-16(18)3/h9-10,12-13H,6-8,11,14-15H2,1-5H3. The highest BCUT2D eigenvalue weighted by molar-refractivity contribution is 7.92. The molecule has 0 N–H and O–H groups in total. The van der Waals surface area contributed by atoms with Gasteiger partial charge in [0.25, 0.3) is 0 Å². The summed E-state index contributed by atoms with van der Waals surface area (Å²) in [7, 11) is -3.71. The summed E-state index contributed by atoms with van der Waals surface area (Å²) in [6.07, 6.45) is 3.69. The van der Waals surface area contributed by atoms with Crippen LogP contribution >= 0.6 is 11.3 Å². The number of ether oxygens (including phenoxy) is 1. The van der Waals surface area contributed by atoms with Gasteiger partial charge in [-0.25, -0.2) is 18.2 Å². The van der Waals surface area contributed by atoms with E-state index in [0.717, 1.165) is 46.7 Å². The first-order valence-corrected chi connectivity index (χ1v) is 13.2. The second-order valence-electron chi connectivity index (χ2n) is 7.44. The molecule has 2 aromatic rings. The molecule has 0 saturated carbocycles. The van der Waals surface area contributed by atoms with Crippen molar-refractivity contribution in [2.45, 2.75) is 47.0 Å². The molecule has 0 aliphatic carbocycles. The van der Waals surface area contributed by atoms with Gasteiger partial charge in [-0.05, 0) is 38.8 Å². The minimum Gasteiger partial charge on any atom is -0.462 e. The molecule has 2 rings (SSSR count). The SMILES string of the molecule is CCCCCN(C(=O)CN(c1ccccc1C)S(C)(=O)=O)c1nc(C)c(C(=O)OCC)s1. The van der Waals surface area contributed by atoms with Gasteiger partial charge < -0.3 is 4.74 Å². The zero-order valence-corrected chi connectivity index (χ0v) is 20.9. The van der Waals surface area contributed by atoms with Crippen molar-refractivity contribution in [1.29, 1.82) is 0 Å². The number of thiazole rings is 1. The van der Waals surface area contributed by atoms with E-state index in [4.69, 9.17) is 4.74 Å². The molecule has 8 nitrogen and oxygen atoms in total. The highest BCUT2D eigenvalue weighted by atomic mass is 32.2. The van der Waals surface area contributed by atoms with Gasteiger partial charge in [-0.15, -0.1) is 0 Å². The van der Waals surface area contributed by atoms with Crippen molar-refractivity contribution in [3.63, 3.8) is 0 Å². The molecule has 0 atom stereocenters. The Morgan fingerprint density at radius 1 is 1.12 bits per heavy atom. The normalized spacial score (nSPS) is 11.3. The first-order chi connectivity index (χ1) is 15.1. The zero-order chi connectivity index (χ0) is 23.9. The summed E-state index contributed by atoms with van der Waals surface area (Å²) in [4.78, 5) is 31.8. The quantitative estimate of drug-likeness (QED) is 0.356. The number of unbranched alkanes of at least 4 members (excludes halogenated alkanes) is 2. The third-order valence-corrected chi connectivity index (χ3v) is 7.11. The second kappa shape index (κ2) is 11.4. The first kappa shape index (κ1) is 25.8. The van der Waals surface area contributed by atoms with Gasteiger partial charge in [0.05, 0.1) is 24.2 Å². The Bertz CT molecular complexity index is 1050. The zero-order valence-electron chi connectivity index (χ0n) is 19.3. The fourth-order valence-corrected chi connectivity index (χ4v) is 5.07. The highest BCUT2D eigenvalue weighted by Crippen LogP contribution is 2.29. The average Bonchev–Trinajstić information content (AvgIpc) is 3.10. The lowest BCUT2D eigenvalue weighted by molar-refractivity contribution is -0.117. The molecule has 1 heterocycles. The van der Waals surface area contributed by atoms with Crippen LogP contribution in [0.1, 0.15) is 54.0 Å². The lowest BCUT2D eigenvalue weighted by atomic mass is 10.2. The van der Waals surface area contributed by atoms with E-state index in [-0.39, 0.29) is 13.2 Å². The van der Waals surface area contributed by atoms with Crippen LogP contribution in [0.5, 0.6) is 0 Å². The number of benzene rings is 1. The number of amides is 1. The fraction of sp³-hybridized carbons (Fsp3) is 0.500. The van der Waals surface area contributed by atoms with Gasteiger partial charge in [-0.1, -0.05) is 49.3 Å². The van der Waals surface area contributed by atoms with Crippen molar-refractivity contribution in [2.24, 2.45) is 0 Å². The molecule has 0 unspecified atom stereocenters. The average molecular weight is 482 g/mol. The Morgan fingerprint density at radius 3 is 2.41 bits per heavy atom. The lowest BCUT2D eigenvalue weighted by Gasteiger charge is -2.27. The highest BCUT2D eigenvalue weighted by Gasteiger charge is 2.28. The summed E-state index contributed by atoms with van der Waals surface area (Å²) < 4.78 is 31.3. The summed E-state index contributed by atoms with van der Waals surface area (Å²) in [5.74, 6) is -0.883. The van der Waals surface area contributed by atoms with E-state index < -0.39 is 21.9 Å². The van der Waals surface area contributed by atoms with E-state index in [2.05, 4.69) is 11.9 Å². The third kappa shape index (κ3) is 6.52. The number of para-hydroxylation sites is 1. The predicted octanol–water partition coefficient (Wildman–Crippen LogP) is 3.93. The van der Waals surface area contributed by atoms with E-state index in [1.165, 1.54) is 4.90 Å². The van der Waals surface area contributed by atoms with E-state index >= 15 is 0 Å². The summed E-state index contributed by atoms with van der Waals surface area (Å²) in [6, 6.07) is 7.03. The molecule has 0 bridgehead atoms. The number of nitrogens with zero attached hydrogens (tertiary/aromatic N) is 3. The molecule has 1 amide bonds. The van der Waals surface area contributed by atoms with E-state index in [9.17, 15) is 18.0 Å². The Balaban J connectivity index is 2.39. The van der Waals surface area contributed by atoms with Crippen molar-refractivity contribution < 1.29 is 22.7 Å². The maximum atomic E-state index is 13.4. The molecule has 32 heavy (non-hydrogen) atoms.